The average Bonchev–Trinajstić information content (AvgIpc) is 3.60. The van der Waals surface area contributed by atoms with Gasteiger partial charge in [-0.25, -0.2) is 14.8 Å². The third-order valence-corrected chi connectivity index (χ3v) is 14.0. The number of fused-ring (bicyclic) bond motifs is 4. The number of carbonyl (C=O) groups is 2. The number of rotatable bonds is 13. The zero-order chi connectivity index (χ0) is 39.4. The fourth-order valence-electron chi connectivity index (χ4n) is 7.49. The molecule has 0 radical (unpaired) electrons. The average molecular weight is 806 g/mol. The molecule has 0 aliphatic carbocycles. The summed E-state index contributed by atoms with van der Waals surface area (Å²) in [7, 11) is -2.77. The number of amides is 2. The molecule has 2 saturated heterocycles. The molecule has 2 bridgehead atoms. The lowest BCUT2D eigenvalue weighted by Crippen LogP contribution is -2.51. The molecule has 2 aromatic heterocycles. The Hall–Kier alpha value is -3.12. The van der Waals surface area contributed by atoms with E-state index in [0.717, 1.165) is 42.7 Å². The van der Waals surface area contributed by atoms with E-state index in [0.29, 0.717) is 41.3 Å². The smallest absolute Gasteiger partial charge is 0.407 e. The lowest BCUT2D eigenvalue weighted by molar-refractivity contribution is -0.142. The molecule has 0 spiro atoms. The van der Waals surface area contributed by atoms with Crippen molar-refractivity contribution in [3.63, 3.8) is 0 Å². The first-order valence-electron chi connectivity index (χ1n) is 19.0. The Labute approximate surface area is 324 Å². The highest BCUT2D eigenvalue weighted by atomic mass is 35.5. The monoisotopic (exact) mass is 804 g/mol. The highest BCUT2D eigenvalue weighted by Gasteiger charge is 2.55. The largest absolute Gasteiger partial charge is 0.444 e. The van der Waals surface area contributed by atoms with E-state index in [1.54, 1.807) is 18.5 Å². The van der Waals surface area contributed by atoms with Crippen LogP contribution in [0.1, 0.15) is 52.0 Å². The number of piperidine rings is 1. The number of aromatic nitrogens is 3. The number of alkyl halides is 2. The Morgan fingerprint density at radius 3 is 2.19 bits per heavy atom. The zero-order valence-corrected chi connectivity index (χ0v) is 35.8. The lowest BCUT2D eigenvalue weighted by atomic mass is 9.97. The summed E-state index contributed by atoms with van der Waals surface area (Å²) in [5.74, 6) is -4.47. The predicted molar refractivity (Wildman–Crippen MR) is 214 cm³/mol. The van der Waals surface area contributed by atoms with Crippen molar-refractivity contribution in [1.29, 1.82) is 0 Å². The standard InChI is InChI=1S/C38H55ClF2N6O5Si2/c1-37(2,3)52-36(49)43-24-18-25-10-11-26(19-24)47(25)30-20-42-33-28(21-45(34(33)44-30)22-50-14-16-53(4,5)6)27-12-13-29-31(32(27)39)38(40,41)35(48)46(29)23-51-15-17-54(7,8)9/h12-13,20-21,24-26H,10-11,14-19,22-23H2,1-9H3,(H,43,49). The van der Waals surface area contributed by atoms with Gasteiger partial charge in [0.1, 0.15) is 30.4 Å². The summed E-state index contributed by atoms with van der Waals surface area (Å²) in [4.78, 5) is 38.9. The van der Waals surface area contributed by atoms with E-state index in [2.05, 4.69) is 49.5 Å². The van der Waals surface area contributed by atoms with Gasteiger partial charge in [-0.15, -0.1) is 0 Å². The maximum atomic E-state index is 15.8. The van der Waals surface area contributed by atoms with Gasteiger partial charge in [0, 0.05) is 64.8 Å². The molecule has 16 heteroatoms. The van der Waals surface area contributed by atoms with Gasteiger partial charge in [0.25, 0.3) is 0 Å². The van der Waals surface area contributed by atoms with Crippen molar-refractivity contribution >= 4 is 62.4 Å². The van der Waals surface area contributed by atoms with Gasteiger partial charge in [-0.05, 0) is 64.6 Å². The van der Waals surface area contributed by atoms with Crippen LogP contribution in [0, 0.1) is 0 Å². The maximum Gasteiger partial charge on any atom is 0.407 e. The number of halogens is 3. The third-order valence-electron chi connectivity index (χ3n) is 10.2. The number of nitrogens with zero attached hydrogens (tertiary/aromatic N) is 5. The molecule has 2 fully saturated rings. The Kier molecular flexibility index (Phi) is 11.3. The normalized spacial score (nSPS) is 21.3. The first-order valence-corrected chi connectivity index (χ1v) is 26.7. The number of carbonyl (C=O) groups excluding carboxylic acids is 2. The zero-order valence-electron chi connectivity index (χ0n) is 33.0. The fraction of sp³-hybridized carbons (Fsp3) is 0.632. The summed E-state index contributed by atoms with van der Waals surface area (Å²) in [5, 5.41) is 2.85. The Morgan fingerprint density at radius 1 is 0.981 bits per heavy atom. The number of nitrogens with one attached hydrogen (secondary N) is 1. The SMILES string of the molecule is CC(C)(C)OC(=O)NC1CC2CCC(C1)N2c1cnc2c(-c3ccc4c(c3Cl)C(F)(F)C(=O)N4COCC[Si](C)(C)C)cn(COCC[Si](C)(C)C)c2n1. The van der Waals surface area contributed by atoms with E-state index in [4.69, 9.17) is 35.8 Å². The van der Waals surface area contributed by atoms with Gasteiger partial charge in [-0.2, -0.15) is 8.78 Å². The Balaban J connectivity index is 1.31. The lowest BCUT2D eigenvalue weighted by Gasteiger charge is -2.39. The molecule has 5 heterocycles. The van der Waals surface area contributed by atoms with Crippen molar-refractivity contribution in [3.05, 3.63) is 35.1 Å². The summed E-state index contributed by atoms with van der Waals surface area (Å²) >= 11 is 6.87. The molecule has 1 aromatic carbocycles. The molecule has 3 aliphatic heterocycles. The van der Waals surface area contributed by atoms with Crippen molar-refractivity contribution in [2.24, 2.45) is 0 Å². The quantitative estimate of drug-likeness (QED) is 0.135. The van der Waals surface area contributed by atoms with Gasteiger partial charge in [-0.3, -0.25) is 9.69 Å². The second kappa shape index (κ2) is 15.1. The van der Waals surface area contributed by atoms with Crippen LogP contribution in [0.3, 0.4) is 0 Å². The number of hydrogen-bond acceptors (Lipinski definition) is 8. The predicted octanol–water partition coefficient (Wildman–Crippen LogP) is 8.84. The minimum absolute atomic E-state index is 0.0138. The van der Waals surface area contributed by atoms with Crippen LogP contribution in [0.4, 0.5) is 25.1 Å². The molecule has 6 rings (SSSR count). The summed E-state index contributed by atoms with van der Waals surface area (Å²) in [6.07, 6.45) is 6.54. The minimum Gasteiger partial charge on any atom is -0.444 e. The summed E-state index contributed by atoms with van der Waals surface area (Å²) in [6, 6.07) is 5.29. The third kappa shape index (κ3) is 8.80. The van der Waals surface area contributed by atoms with E-state index in [1.165, 1.54) is 6.07 Å². The molecule has 0 saturated carbocycles. The highest BCUT2D eigenvalue weighted by Crippen LogP contribution is 2.51. The molecule has 2 amide bonds. The van der Waals surface area contributed by atoms with Gasteiger partial charge < -0.3 is 29.0 Å². The highest BCUT2D eigenvalue weighted by molar-refractivity contribution is 6.76. The van der Waals surface area contributed by atoms with Crippen LogP contribution in [0.2, 0.25) is 56.4 Å². The van der Waals surface area contributed by atoms with Crippen LogP contribution < -0.4 is 15.1 Å². The van der Waals surface area contributed by atoms with E-state index in [-0.39, 0.29) is 42.3 Å². The van der Waals surface area contributed by atoms with E-state index in [9.17, 15) is 9.59 Å². The molecule has 54 heavy (non-hydrogen) atoms. The van der Waals surface area contributed by atoms with Gasteiger partial charge in [-0.1, -0.05) is 56.9 Å². The van der Waals surface area contributed by atoms with E-state index in [1.807, 2.05) is 25.3 Å². The molecule has 11 nitrogen and oxygen atoms in total. The number of benzene rings is 1. The molecule has 3 aliphatic rings. The van der Waals surface area contributed by atoms with Gasteiger partial charge in [0.2, 0.25) is 0 Å². The summed E-state index contributed by atoms with van der Waals surface area (Å²) < 4.78 is 50.8. The molecular formula is C38H55ClF2N6O5Si2. The summed E-state index contributed by atoms with van der Waals surface area (Å²) in [5.41, 5.74) is 0.803. The fourth-order valence-corrected chi connectivity index (χ4v) is 9.38. The number of hydrogen-bond donors (Lipinski definition) is 1. The number of anilines is 2. The van der Waals surface area contributed by atoms with Gasteiger partial charge in [0.05, 0.1) is 22.5 Å². The molecule has 296 valence electrons. The first kappa shape index (κ1) is 40.5. The molecule has 2 unspecified atom stereocenters. The van der Waals surface area contributed by atoms with Crippen molar-refractivity contribution in [3.8, 4) is 11.1 Å². The number of ether oxygens (including phenoxy) is 3. The van der Waals surface area contributed by atoms with Crippen LogP contribution in [0.5, 0.6) is 0 Å². The van der Waals surface area contributed by atoms with Crippen LogP contribution >= 0.6 is 11.6 Å². The first-order chi connectivity index (χ1) is 25.1. The van der Waals surface area contributed by atoms with Crippen molar-refractivity contribution in [2.75, 3.05) is 29.7 Å². The van der Waals surface area contributed by atoms with E-state index < -0.39 is 45.2 Å². The maximum absolute atomic E-state index is 15.8. The number of alkyl carbamates (subject to hydrolysis) is 1. The van der Waals surface area contributed by atoms with Crippen molar-refractivity contribution in [1.82, 2.24) is 19.9 Å². The van der Waals surface area contributed by atoms with Crippen molar-refractivity contribution < 1.29 is 32.6 Å². The Bertz CT molecular complexity index is 1880. The van der Waals surface area contributed by atoms with Gasteiger partial charge >= 0.3 is 17.9 Å². The van der Waals surface area contributed by atoms with Crippen LogP contribution in [-0.4, -0.2) is 86.4 Å². The van der Waals surface area contributed by atoms with Crippen molar-refractivity contribution in [2.45, 2.75) is 134 Å². The minimum atomic E-state index is -3.83. The second-order valence-corrected chi connectivity index (χ2v) is 30.0. The molecule has 2 atom stereocenters. The molecule has 1 N–H and O–H groups in total. The topological polar surface area (TPSA) is 111 Å². The van der Waals surface area contributed by atoms with Crippen LogP contribution in [0.25, 0.3) is 22.3 Å². The second-order valence-electron chi connectivity index (χ2n) is 18.3. The van der Waals surface area contributed by atoms with E-state index >= 15 is 8.78 Å². The molecular weight excluding hydrogens is 750 g/mol. The summed E-state index contributed by atoms with van der Waals surface area (Å²) in [6.45, 7) is 19.9. The van der Waals surface area contributed by atoms with Crippen LogP contribution in [0.15, 0.2) is 24.5 Å². The van der Waals surface area contributed by atoms with Crippen LogP contribution in [-0.2, 0) is 31.7 Å². The Morgan fingerprint density at radius 2 is 1.59 bits per heavy atom. The van der Waals surface area contributed by atoms with Gasteiger partial charge in [0.15, 0.2) is 5.65 Å². The molecule has 3 aromatic rings.